The predicted molar refractivity (Wildman–Crippen MR) is 100.0 cm³/mol. The van der Waals surface area contributed by atoms with E-state index in [0.29, 0.717) is 11.4 Å². The lowest BCUT2D eigenvalue weighted by atomic mass is 10.3. The lowest BCUT2D eigenvalue weighted by molar-refractivity contribution is -0.127. The van der Waals surface area contributed by atoms with E-state index in [1.54, 1.807) is 30.3 Å². The Bertz CT molecular complexity index is 916. The molecule has 0 spiro atoms. The van der Waals surface area contributed by atoms with Crippen molar-refractivity contribution in [3.8, 4) is 5.75 Å². The van der Waals surface area contributed by atoms with E-state index in [0.717, 1.165) is 17.1 Å². The highest BCUT2D eigenvalue weighted by molar-refractivity contribution is 6.15. The molecule has 0 aliphatic carbocycles. The lowest BCUT2D eigenvalue weighted by Crippen LogP contribution is -2.38. The Morgan fingerprint density at radius 3 is 2.74 bits per heavy atom. The van der Waals surface area contributed by atoms with E-state index in [1.165, 1.54) is 7.11 Å². The van der Waals surface area contributed by atoms with Crippen LogP contribution in [0, 0.1) is 0 Å². The zero-order valence-corrected chi connectivity index (χ0v) is 15.1. The minimum Gasteiger partial charge on any atom is -0.495 e. The fourth-order valence-corrected chi connectivity index (χ4v) is 2.79. The van der Waals surface area contributed by atoms with Crippen molar-refractivity contribution in [2.24, 2.45) is 0 Å². The number of carbonyl (C=O) groups excluding carboxylic acids is 3. The topological polar surface area (TPSA) is 92.7 Å². The molecule has 27 heavy (non-hydrogen) atoms. The van der Waals surface area contributed by atoms with Crippen LogP contribution in [-0.2, 0) is 16.1 Å². The molecule has 2 N–H and O–H groups in total. The van der Waals surface area contributed by atoms with E-state index in [4.69, 9.17) is 4.74 Å². The average Bonchev–Trinajstić information content (AvgIpc) is 3.22. The standard InChI is InChI=1S/C19H20N4O4/c1-3-22-10-6-7-13(22)11-15-18(25)23(19(26)21-15)12-17(24)20-14-8-4-5-9-16(14)27-2/h4-11H,3,12H2,1-2H3,(H,20,24)(H,21,26)/b15-11+. The minimum atomic E-state index is -0.629. The first kappa shape index (κ1) is 18.2. The Balaban J connectivity index is 1.71. The first-order chi connectivity index (χ1) is 13.0. The van der Waals surface area contributed by atoms with Gasteiger partial charge >= 0.3 is 6.03 Å². The quantitative estimate of drug-likeness (QED) is 0.603. The molecule has 1 aliphatic rings. The van der Waals surface area contributed by atoms with Crippen molar-refractivity contribution in [2.45, 2.75) is 13.5 Å². The number of amides is 4. The van der Waals surface area contributed by atoms with Gasteiger partial charge in [-0.2, -0.15) is 0 Å². The summed E-state index contributed by atoms with van der Waals surface area (Å²) in [6.07, 6.45) is 3.48. The number of nitrogens with one attached hydrogen (secondary N) is 2. The van der Waals surface area contributed by atoms with Gasteiger partial charge in [-0.3, -0.25) is 9.59 Å². The molecule has 0 atom stereocenters. The molecule has 140 valence electrons. The first-order valence-electron chi connectivity index (χ1n) is 8.46. The molecule has 1 aliphatic heterocycles. The van der Waals surface area contributed by atoms with E-state index in [1.807, 2.05) is 29.8 Å². The van der Waals surface area contributed by atoms with Crippen molar-refractivity contribution in [1.29, 1.82) is 0 Å². The number of anilines is 1. The molecular weight excluding hydrogens is 348 g/mol. The van der Waals surface area contributed by atoms with Gasteiger partial charge in [-0.05, 0) is 37.3 Å². The van der Waals surface area contributed by atoms with E-state index in [-0.39, 0.29) is 5.70 Å². The molecule has 0 unspecified atom stereocenters. The molecular formula is C19H20N4O4. The fourth-order valence-electron chi connectivity index (χ4n) is 2.79. The van der Waals surface area contributed by atoms with Crippen molar-refractivity contribution in [1.82, 2.24) is 14.8 Å². The Morgan fingerprint density at radius 2 is 2.00 bits per heavy atom. The van der Waals surface area contributed by atoms with Gasteiger partial charge in [0.2, 0.25) is 5.91 Å². The van der Waals surface area contributed by atoms with Crippen LogP contribution in [-0.4, -0.2) is 41.0 Å². The van der Waals surface area contributed by atoms with Gasteiger partial charge in [-0.25, -0.2) is 9.69 Å². The number of carbonyl (C=O) groups is 3. The summed E-state index contributed by atoms with van der Waals surface area (Å²) >= 11 is 0. The third-order valence-electron chi connectivity index (χ3n) is 4.14. The van der Waals surface area contributed by atoms with Gasteiger partial charge in [-0.1, -0.05) is 12.1 Å². The number of aromatic nitrogens is 1. The monoisotopic (exact) mass is 368 g/mol. The van der Waals surface area contributed by atoms with Gasteiger partial charge in [0, 0.05) is 18.4 Å². The molecule has 4 amide bonds. The zero-order chi connectivity index (χ0) is 19.4. The normalized spacial score (nSPS) is 15.2. The second kappa shape index (κ2) is 7.77. The first-order valence-corrected chi connectivity index (χ1v) is 8.46. The number of rotatable bonds is 6. The highest BCUT2D eigenvalue weighted by atomic mass is 16.5. The van der Waals surface area contributed by atoms with Crippen LogP contribution in [0.4, 0.5) is 10.5 Å². The molecule has 0 radical (unpaired) electrons. The Hall–Kier alpha value is -3.55. The molecule has 1 saturated heterocycles. The van der Waals surface area contributed by atoms with Crippen LogP contribution >= 0.6 is 0 Å². The number of ether oxygens (including phenoxy) is 1. The van der Waals surface area contributed by atoms with Crippen LogP contribution < -0.4 is 15.4 Å². The van der Waals surface area contributed by atoms with E-state index < -0.39 is 24.4 Å². The molecule has 3 rings (SSSR count). The van der Waals surface area contributed by atoms with Crippen LogP contribution in [0.25, 0.3) is 6.08 Å². The van der Waals surface area contributed by atoms with Crippen LogP contribution in [0.2, 0.25) is 0 Å². The Kier molecular flexibility index (Phi) is 5.25. The van der Waals surface area contributed by atoms with Crippen LogP contribution in [0.5, 0.6) is 5.75 Å². The summed E-state index contributed by atoms with van der Waals surface area (Å²) in [5, 5.41) is 5.16. The van der Waals surface area contributed by atoms with Gasteiger partial charge in [-0.15, -0.1) is 0 Å². The summed E-state index contributed by atoms with van der Waals surface area (Å²) < 4.78 is 7.10. The number of imide groups is 1. The van der Waals surface area contributed by atoms with Gasteiger partial charge in [0.15, 0.2) is 0 Å². The molecule has 8 heteroatoms. The molecule has 2 heterocycles. The number of para-hydroxylation sites is 2. The number of hydrogen-bond acceptors (Lipinski definition) is 4. The zero-order valence-electron chi connectivity index (χ0n) is 15.1. The summed E-state index contributed by atoms with van der Waals surface area (Å²) in [6.45, 7) is 2.32. The van der Waals surface area contributed by atoms with Crippen LogP contribution in [0.1, 0.15) is 12.6 Å². The summed E-state index contributed by atoms with van der Waals surface area (Å²) in [6, 6.07) is 9.96. The summed E-state index contributed by atoms with van der Waals surface area (Å²) in [5.74, 6) is -0.552. The van der Waals surface area contributed by atoms with Gasteiger partial charge in [0.05, 0.1) is 12.8 Å². The summed E-state index contributed by atoms with van der Waals surface area (Å²) in [5.41, 5.74) is 1.40. The minimum absolute atomic E-state index is 0.137. The molecule has 1 aromatic heterocycles. The SMILES string of the molecule is CCn1cccc1/C=C1/NC(=O)N(CC(=O)Nc2ccccc2OC)C1=O. The van der Waals surface area contributed by atoms with Gasteiger partial charge in [0.25, 0.3) is 5.91 Å². The highest BCUT2D eigenvalue weighted by Crippen LogP contribution is 2.23. The second-order valence-electron chi connectivity index (χ2n) is 5.85. The largest absolute Gasteiger partial charge is 0.495 e. The van der Waals surface area contributed by atoms with Crippen LogP contribution in [0.15, 0.2) is 48.3 Å². The molecule has 2 aromatic rings. The van der Waals surface area contributed by atoms with Crippen molar-refractivity contribution >= 4 is 29.6 Å². The molecule has 0 saturated carbocycles. The molecule has 0 bridgehead atoms. The van der Waals surface area contributed by atoms with Crippen LogP contribution in [0.3, 0.4) is 0 Å². The lowest BCUT2D eigenvalue weighted by Gasteiger charge is -2.13. The maximum Gasteiger partial charge on any atom is 0.329 e. The maximum absolute atomic E-state index is 12.5. The number of urea groups is 1. The Morgan fingerprint density at radius 1 is 1.22 bits per heavy atom. The molecule has 8 nitrogen and oxygen atoms in total. The highest BCUT2D eigenvalue weighted by Gasteiger charge is 2.35. The molecule has 1 aromatic carbocycles. The van der Waals surface area contributed by atoms with Gasteiger partial charge < -0.3 is 19.9 Å². The van der Waals surface area contributed by atoms with Gasteiger partial charge in [0.1, 0.15) is 18.0 Å². The van der Waals surface area contributed by atoms with E-state index >= 15 is 0 Å². The maximum atomic E-state index is 12.5. The smallest absolute Gasteiger partial charge is 0.329 e. The summed E-state index contributed by atoms with van der Waals surface area (Å²) in [4.78, 5) is 37.8. The van der Waals surface area contributed by atoms with E-state index in [2.05, 4.69) is 10.6 Å². The second-order valence-corrected chi connectivity index (χ2v) is 5.85. The third kappa shape index (κ3) is 3.84. The van der Waals surface area contributed by atoms with E-state index in [9.17, 15) is 14.4 Å². The number of methoxy groups -OCH3 is 1. The predicted octanol–water partition coefficient (Wildman–Crippen LogP) is 2.05. The molecule has 1 fully saturated rings. The van der Waals surface area contributed by atoms with Crippen molar-refractivity contribution in [2.75, 3.05) is 19.0 Å². The summed E-state index contributed by atoms with van der Waals surface area (Å²) in [7, 11) is 1.49. The number of benzene rings is 1. The van der Waals surface area contributed by atoms with Crippen molar-refractivity contribution in [3.63, 3.8) is 0 Å². The third-order valence-corrected chi connectivity index (χ3v) is 4.14. The average molecular weight is 368 g/mol. The van der Waals surface area contributed by atoms with Crippen molar-refractivity contribution in [3.05, 3.63) is 54.0 Å². The number of hydrogen-bond donors (Lipinski definition) is 2. The number of nitrogens with zero attached hydrogens (tertiary/aromatic N) is 2. The Labute approximate surface area is 156 Å². The fraction of sp³-hybridized carbons (Fsp3) is 0.211. The number of aryl methyl sites for hydroxylation is 1. The van der Waals surface area contributed by atoms with Crippen molar-refractivity contribution < 1.29 is 19.1 Å².